The largest absolute Gasteiger partial charge is 2.00 e. The van der Waals surface area contributed by atoms with Crippen LogP contribution in [0.3, 0.4) is 0 Å². The Balaban J connectivity index is 0.000000168. The number of pyridine rings is 2. The van der Waals surface area contributed by atoms with E-state index in [4.69, 9.17) is 0 Å². The second-order valence-electron chi connectivity index (χ2n) is 8.14. The summed E-state index contributed by atoms with van der Waals surface area (Å²) < 4.78 is 0. The predicted octanol–water partition coefficient (Wildman–Crippen LogP) is 8.20. The third-order valence-electron chi connectivity index (χ3n) is 5.71. The summed E-state index contributed by atoms with van der Waals surface area (Å²) in [6, 6.07) is 40.7. The zero-order chi connectivity index (χ0) is 24.4. The van der Waals surface area contributed by atoms with Crippen LogP contribution in [0.4, 0.5) is 0 Å². The third kappa shape index (κ3) is 6.96. The minimum atomic E-state index is 0. The second kappa shape index (κ2) is 13.2. The number of nitrogens with zero attached hydrogens (tertiary/aromatic N) is 2. The molecule has 0 spiro atoms. The van der Waals surface area contributed by atoms with Gasteiger partial charge in [-0.1, -0.05) is 60.7 Å². The molecule has 0 aliphatic rings. The number of hydrogen-bond donors (Lipinski definition) is 0. The molecule has 6 rings (SSSR count). The van der Waals surface area contributed by atoms with Gasteiger partial charge in [0, 0.05) is 12.4 Å². The maximum atomic E-state index is 4.40. The van der Waals surface area contributed by atoms with E-state index in [0.29, 0.717) is 0 Å². The summed E-state index contributed by atoms with van der Waals surface area (Å²) in [7, 11) is 0. The van der Waals surface area contributed by atoms with Gasteiger partial charge in [0.15, 0.2) is 0 Å². The molecular formula is C34H24N2Pd. The van der Waals surface area contributed by atoms with Crippen molar-refractivity contribution in [1.82, 2.24) is 9.97 Å². The van der Waals surface area contributed by atoms with Gasteiger partial charge in [0.25, 0.3) is 0 Å². The first-order valence-corrected chi connectivity index (χ1v) is 11.8. The van der Waals surface area contributed by atoms with Gasteiger partial charge in [-0.15, -0.1) is 84.0 Å². The molecule has 2 aromatic heterocycles. The van der Waals surface area contributed by atoms with Crippen molar-refractivity contribution in [3.05, 3.63) is 168 Å². The van der Waals surface area contributed by atoms with E-state index < -0.39 is 0 Å². The minimum Gasteiger partial charge on any atom is -0.304 e. The molecule has 6 aromatic rings. The monoisotopic (exact) mass is 566 g/mol. The zero-order valence-electron chi connectivity index (χ0n) is 20.1. The first kappa shape index (κ1) is 25.9. The molecule has 0 saturated carbocycles. The van der Waals surface area contributed by atoms with E-state index in [0.717, 1.165) is 33.3 Å². The van der Waals surface area contributed by atoms with Gasteiger partial charge in [-0.2, -0.15) is 0 Å². The maximum absolute atomic E-state index is 4.40. The molecule has 3 heteroatoms. The van der Waals surface area contributed by atoms with Gasteiger partial charge in [0.1, 0.15) is 0 Å². The Bertz CT molecular complexity index is 1490. The van der Waals surface area contributed by atoms with Crippen LogP contribution in [0.15, 0.2) is 134 Å². The summed E-state index contributed by atoms with van der Waals surface area (Å²) in [4.78, 5) is 8.81. The molecule has 180 valence electrons. The molecule has 2 nitrogen and oxygen atoms in total. The molecule has 2 heterocycles. The van der Waals surface area contributed by atoms with Crippen LogP contribution in [-0.4, -0.2) is 9.97 Å². The van der Waals surface area contributed by atoms with E-state index in [1.807, 2.05) is 122 Å². The van der Waals surface area contributed by atoms with Crippen LogP contribution in [0.25, 0.3) is 33.7 Å². The summed E-state index contributed by atoms with van der Waals surface area (Å²) in [6.07, 6.45) is 14.1. The number of fused-ring (bicyclic) bond motifs is 2. The quantitative estimate of drug-likeness (QED) is 0.159. The fourth-order valence-corrected chi connectivity index (χ4v) is 3.89. The smallest absolute Gasteiger partial charge is 0.304 e. The van der Waals surface area contributed by atoms with Crippen LogP contribution >= 0.6 is 0 Å². The average Bonchev–Trinajstić information content (AvgIpc) is 2.96. The normalized spacial score (nSPS) is 10.8. The average molecular weight is 567 g/mol. The van der Waals surface area contributed by atoms with Gasteiger partial charge in [0.2, 0.25) is 0 Å². The first-order valence-electron chi connectivity index (χ1n) is 11.8. The van der Waals surface area contributed by atoms with E-state index in [1.54, 1.807) is 0 Å². The van der Waals surface area contributed by atoms with Crippen LogP contribution in [-0.2, 0) is 20.4 Å². The number of rotatable bonds is 4. The fourth-order valence-electron chi connectivity index (χ4n) is 3.89. The third-order valence-corrected chi connectivity index (χ3v) is 5.71. The van der Waals surface area contributed by atoms with Gasteiger partial charge < -0.3 is 9.97 Å². The molecule has 0 bridgehead atoms. The van der Waals surface area contributed by atoms with Crippen LogP contribution in [0, 0.1) is 12.2 Å². The number of hydrogen-bond acceptors (Lipinski definition) is 2. The Morgan fingerprint density at radius 2 is 0.811 bits per heavy atom. The van der Waals surface area contributed by atoms with Crippen LogP contribution in [0.2, 0.25) is 0 Å². The van der Waals surface area contributed by atoms with E-state index >= 15 is 0 Å². The molecule has 0 radical (unpaired) electrons. The Morgan fingerprint density at radius 1 is 0.432 bits per heavy atom. The Kier molecular flexibility index (Phi) is 9.27. The molecular weight excluding hydrogens is 543 g/mol. The molecule has 0 aliphatic carbocycles. The van der Waals surface area contributed by atoms with Crippen molar-refractivity contribution >= 4 is 33.7 Å². The molecule has 0 fully saturated rings. The molecule has 37 heavy (non-hydrogen) atoms. The Morgan fingerprint density at radius 3 is 1.24 bits per heavy atom. The summed E-state index contributed by atoms with van der Waals surface area (Å²) in [6.45, 7) is 0. The standard InChI is InChI=1S/2C17H12N.Pd/c2*1-2-6-14(7-3-1)10-11-17-16-9-5-4-8-15(16)12-13-18-17;/h2*1-9,11-13H;/q2*-1;+2. The zero-order valence-corrected chi connectivity index (χ0v) is 21.6. The van der Waals surface area contributed by atoms with Gasteiger partial charge >= 0.3 is 20.4 Å². The summed E-state index contributed by atoms with van der Waals surface area (Å²) in [5.74, 6) is 0. The van der Waals surface area contributed by atoms with E-state index in [1.165, 1.54) is 10.8 Å². The van der Waals surface area contributed by atoms with Gasteiger partial charge in [-0.05, 0) is 45.1 Å². The van der Waals surface area contributed by atoms with Crippen molar-refractivity contribution in [2.24, 2.45) is 0 Å². The molecule has 4 aromatic carbocycles. The van der Waals surface area contributed by atoms with Gasteiger partial charge in [-0.3, -0.25) is 0 Å². The summed E-state index contributed by atoms with van der Waals surface area (Å²) in [5.41, 5.74) is 4.04. The SMILES string of the molecule is [C-](=Cc1nccc2ccccc12)c1ccccc1.[C-](=Cc1nccc2ccccc12)c1ccccc1.[Pd+2]. The Labute approximate surface area is 231 Å². The van der Waals surface area contributed by atoms with Crippen molar-refractivity contribution in [3.8, 4) is 0 Å². The van der Waals surface area contributed by atoms with E-state index in [9.17, 15) is 0 Å². The van der Waals surface area contributed by atoms with Crippen LogP contribution in [0.1, 0.15) is 22.5 Å². The maximum Gasteiger partial charge on any atom is 2.00 e. The van der Waals surface area contributed by atoms with Crippen molar-refractivity contribution in [2.45, 2.75) is 0 Å². The number of benzene rings is 4. The van der Waals surface area contributed by atoms with Crippen molar-refractivity contribution < 1.29 is 20.4 Å². The van der Waals surface area contributed by atoms with Gasteiger partial charge in [-0.25, -0.2) is 0 Å². The topological polar surface area (TPSA) is 25.8 Å². The predicted molar refractivity (Wildman–Crippen MR) is 150 cm³/mol. The minimum absolute atomic E-state index is 0. The molecule has 0 saturated heterocycles. The molecule has 0 atom stereocenters. The van der Waals surface area contributed by atoms with Crippen LogP contribution in [0.5, 0.6) is 0 Å². The number of aromatic nitrogens is 2. The molecule has 0 aliphatic heterocycles. The molecule has 0 N–H and O–H groups in total. The van der Waals surface area contributed by atoms with Crippen molar-refractivity contribution in [1.29, 1.82) is 0 Å². The van der Waals surface area contributed by atoms with E-state index in [2.05, 4.69) is 46.4 Å². The second-order valence-corrected chi connectivity index (χ2v) is 8.14. The first-order chi connectivity index (χ1) is 17.9. The summed E-state index contributed by atoms with van der Waals surface area (Å²) in [5, 5.41) is 4.72. The fraction of sp³-hybridized carbons (Fsp3) is 0. The molecule has 0 unspecified atom stereocenters. The van der Waals surface area contributed by atoms with Crippen LogP contribution < -0.4 is 0 Å². The summed E-state index contributed by atoms with van der Waals surface area (Å²) >= 11 is 0. The van der Waals surface area contributed by atoms with Crippen molar-refractivity contribution in [2.75, 3.05) is 0 Å². The van der Waals surface area contributed by atoms with Crippen molar-refractivity contribution in [3.63, 3.8) is 0 Å². The van der Waals surface area contributed by atoms with E-state index in [-0.39, 0.29) is 20.4 Å². The molecule has 0 amide bonds. The Hall–Kier alpha value is -4.16. The van der Waals surface area contributed by atoms with Gasteiger partial charge in [0.05, 0.1) is 0 Å².